The number of nitrogens with one attached hydrogen (secondary N) is 1. The molecule has 0 amide bonds. The van der Waals surface area contributed by atoms with Gasteiger partial charge in [0.1, 0.15) is 11.6 Å². The molecule has 0 fully saturated rings. The summed E-state index contributed by atoms with van der Waals surface area (Å²) in [6.45, 7) is 0.365. The molecule has 0 unspecified atom stereocenters. The number of nitrogens with zero attached hydrogens (tertiary/aromatic N) is 3. The van der Waals surface area contributed by atoms with Crippen LogP contribution in [0.15, 0.2) is 71.1 Å². The minimum absolute atomic E-state index is 0.0781. The van der Waals surface area contributed by atoms with Gasteiger partial charge >= 0.3 is 6.01 Å². The Labute approximate surface area is 190 Å². The van der Waals surface area contributed by atoms with E-state index in [9.17, 15) is 13.6 Å². The van der Waals surface area contributed by atoms with Crippen LogP contribution in [0.2, 0.25) is 0 Å². The van der Waals surface area contributed by atoms with Gasteiger partial charge < -0.3 is 9.73 Å². The summed E-state index contributed by atoms with van der Waals surface area (Å²) >= 11 is 1.21. The number of fused-ring (bicyclic) bond motifs is 1. The van der Waals surface area contributed by atoms with E-state index in [-0.39, 0.29) is 28.5 Å². The molecule has 5 aromatic rings. The molecule has 2 heterocycles. The van der Waals surface area contributed by atoms with Crippen molar-refractivity contribution in [2.75, 3.05) is 11.9 Å². The van der Waals surface area contributed by atoms with Gasteiger partial charge in [-0.2, -0.15) is 0 Å². The summed E-state index contributed by atoms with van der Waals surface area (Å²) in [6, 6.07) is 18.4. The third kappa shape index (κ3) is 4.49. The van der Waals surface area contributed by atoms with Crippen molar-refractivity contribution in [3.63, 3.8) is 0 Å². The highest BCUT2D eigenvalue weighted by Crippen LogP contribution is 2.29. The van der Waals surface area contributed by atoms with E-state index in [1.165, 1.54) is 29.5 Å². The van der Waals surface area contributed by atoms with Gasteiger partial charge in [0.25, 0.3) is 11.7 Å². The summed E-state index contributed by atoms with van der Waals surface area (Å²) < 4.78 is 33.1. The largest absolute Gasteiger partial charge is 0.400 e. The zero-order chi connectivity index (χ0) is 22.8. The molecule has 0 aliphatic heterocycles. The number of carbonyl (C=O) groups is 1. The van der Waals surface area contributed by atoms with Gasteiger partial charge in [-0.25, -0.2) is 13.8 Å². The summed E-state index contributed by atoms with van der Waals surface area (Å²) in [5, 5.41) is 10.8. The van der Waals surface area contributed by atoms with Crippen LogP contribution in [0.25, 0.3) is 21.3 Å². The first-order valence-electron chi connectivity index (χ1n) is 10.1. The van der Waals surface area contributed by atoms with Crippen LogP contribution >= 0.6 is 11.3 Å². The Balaban J connectivity index is 1.29. The molecule has 5 rings (SSSR count). The third-order valence-electron chi connectivity index (χ3n) is 5.01. The second kappa shape index (κ2) is 8.87. The van der Waals surface area contributed by atoms with Crippen LogP contribution in [-0.4, -0.2) is 27.5 Å². The quantitative estimate of drug-likeness (QED) is 0.321. The molecule has 0 atom stereocenters. The molecule has 0 saturated carbocycles. The summed E-state index contributed by atoms with van der Waals surface area (Å²) in [5.74, 6) is -1.24. The van der Waals surface area contributed by atoms with Crippen molar-refractivity contribution < 1.29 is 18.0 Å². The lowest BCUT2D eigenvalue weighted by molar-refractivity contribution is 0.100. The van der Waals surface area contributed by atoms with Crippen LogP contribution in [0, 0.1) is 11.6 Å². The third-order valence-corrected chi connectivity index (χ3v) is 6.02. The molecule has 164 valence electrons. The molecule has 3 aromatic carbocycles. The minimum atomic E-state index is -0.478. The molecule has 0 radical (unpaired) electrons. The Hall–Kier alpha value is -3.98. The number of anilines is 1. The standard InChI is InChI=1S/C24H16F2N4O2S/c25-17-8-5-14(6-9-17)16-7-10-19-20(13-16)33-23(28-19)21(31)22-29-30-24(32-22)27-12-11-15-3-1-2-4-18(15)26/h1-10,13H,11-12H2,(H,27,30). The van der Waals surface area contributed by atoms with Crippen LogP contribution in [-0.2, 0) is 6.42 Å². The molecule has 0 aliphatic carbocycles. The number of ketones is 1. The fraction of sp³-hybridized carbons (Fsp3) is 0.0833. The molecule has 0 aliphatic rings. The van der Waals surface area contributed by atoms with Crippen LogP contribution in [0.4, 0.5) is 14.8 Å². The first-order valence-corrected chi connectivity index (χ1v) is 10.9. The van der Waals surface area contributed by atoms with E-state index in [0.29, 0.717) is 24.0 Å². The molecule has 0 bridgehead atoms. The highest BCUT2D eigenvalue weighted by atomic mass is 32.1. The fourth-order valence-corrected chi connectivity index (χ4v) is 4.26. The van der Waals surface area contributed by atoms with E-state index in [1.54, 1.807) is 30.3 Å². The van der Waals surface area contributed by atoms with Crippen molar-refractivity contribution in [2.45, 2.75) is 6.42 Å². The molecule has 6 nitrogen and oxygen atoms in total. The number of rotatable bonds is 7. The van der Waals surface area contributed by atoms with Crippen molar-refractivity contribution in [3.05, 3.63) is 94.8 Å². The topological polar surface area (TPSA) is 80.9 Å². The first kappa shape index (κ1) is 20.9. The monoisotopic (exact) mass is 462 g/mol. The maximum absolute atomic E-state index is 13.7. The highest BCUT2D eigenvalue weighted by Gasteiger charge is 2.21. The fourth-order valence-electron chi connectivity index (χ4n) is 3.33. The molecular weight excluding hydrogens is 446 g/mol. The maximum atomic E-state index is 13.7. The zero-order valence-corrected chi connectivity index (χ0v) is 17.9. The van der Waals surface area contributed by atoms with Crippen LogP contribution in [0.3, 0.4) is 0 Å². The Morgan fingerprint density at radius 1 is 0.970 bits per heavy atom. The maximum Gasteiger partial charge on any atom is 0.315 e. The Bertz CT molecular complexity index is 1450. The highest BCUT2D eigenvalue weighted by molar-refractivity contribution is 7.20. The minimum Gasteiger partial charge on any atom is -0.400 e. The van der Waals surface area contributed by atoms with E-state index >= 15 is 0 Å². The zero-order valence-electron chi connectivity index (χ0n) is 17.1. The number of hydrogen-bond donors (Lipinski definition) is 1. The van der Waals surface area contributed by atoms with Gasteiger partial charge in [-0.3, -0.25) is 4.79 Å². The Kier molecular flexibility index (Phi) is 5.62. The number of benzene rings is 3. The van der Waals surface area contributed by atoms with E-state index in [4.69, 9.17) is 4.42 Å². The molecule has 33 heavy (non-hydrogen) atoms. The lowest BCUT2D eigenvalue weighted by Gasteiger charge is -2.02. The van der Waals surface area contributed by atoms with Gasteiger partial charge in [0, 0.05) is 6.54 Å². The predicted octanol–water partition coefficient (Wildman–Crippen LogP) is 5.51. The van der Waals surface area contributed by atoms with Crippen molar-refractivity contribution in [2.24, 2.45) is 0 Å². The van der Waals surface area contributed by atoms with Gasteiger partial charge in [-0.05, 0) is 53.4 Å². The first-order chi connectivity index (χ1) is 16.1. The normalized spacial score (nSPS) is 11.1. The molecule has 2 aromatic heterocycles. The van der Waals surface area contributed by atoms with E-state index in [1.807, 2.05) is 18.2 Å². The average molecular weight is 462 g/mol. The van der Waals surface area contributed by atoms with E-state index < -0.39 is 5.78 Å². The number of halogens is 2. The molecular formula is C24H16F2N4O2S. The van der Waals surface area contributed by atoms with Gasteiger partial charge in [-0.1, -0.05) is 41.5 Å². The molecule has 1 N–H and O–H groups in total. The van der Waals surface area contributed by atoms with Crippen LogP contribution < -0.4 is 5.32 Å². The SMILES string of the molecule is O=C(c1nnc(NCCc2ccccc2F)o1)c1nc2ccc(-c3ccc(F)cc3)cc2s1. The van der Waals surface area contributed by atoms with Gasteiger partial charge in [0.05, 0.1) is 10.2 Å². The molecule has 0 saturated heterocycles. The number of hydrogen-bond acceptors (Lipinski definition) is 7. The number of aromatic nitrogens is 3. The Morgan fingerprint density at radius 2 is 1.76 bits per heavy atom. The van der Waals surface area contributed by atoms with E-state index in [0.717, 1.165) is 15.8 Å². The van der Waals surface area contributed by atoms with Crippen molar-refractivity contribution in [1.82, 2.24) is 15.2 Å². The second-order valence-electron chi connectivity index (χ2n) is 7.22. The lowest BCUT2D eigenvalue weighted by Crippen LogP contribution is -2.06. The van der Waals surface area contributed by atoms with Crippen LogP contribution in [0.1, 0.15) is 21.3 Å². The summed E-state index contributed by atoms with van der Waals surface area (Å²) in [7, 11) is 0. The predicted molar refractivity (Wildman–Crippen MR) is 121 cm³/mol. The van der Waals surface area contributed by atoms with Crippen molar-refractivity contribution in [3.8, 4) is 11.1 Å². The smallest absolute Gasteiger partial charge is 0.315 e. The average Bonchev–Trinajstić information content (AvgIpc) is 3.47. The summed E-state index contributed by atoms with van der Waals surface area (Å²) in [6.07, 6.45) is 0.423. The second-order valence-corrected chi connectivity index (χ2v) is 8.25. The number of carbonyl (C=O) groups excluding carboxylic acids is 1. The van der Waals surface area contributed by atoms with Crippen LogP contribution in [0.5, 0.6) is 0 Å². The van der Waals surface area contributed by atoms with Crippen molar-refractivity contribution >= 4 is 33.4 Å². The van der Waals surface area contributed by atoms with E-state index in [2.05, 4.69) is 20.5 Å². The number of thiazole rings is 1. The molecule has 0 spiro atoms. The van der Waals surface area contributed by atoms with Gasteiger partial charge in [0.15, 0.2) is 5.01 Å². The van der Waals surface area contributed by atoms with Gasteiger partial charge in [-0.15, -0.1) is 16.4 Å². The summed E-state index contributed by atoms with van der Waals surface area (Å²) in [5.41, 5.74) is 2.99. The Morgan fingerprint density at radius 3 is 2.58 bits per heavy atom. The summed E-state index contributed by atoms with van der Waals surface area (Å²) in [4.78, 5) is 17.2. The van der Waals surface area contributed by atoms with Gasteiger partial charge in [0.2, 0.25) is 0 Å². The lowest BCUT2D eigenvalue weighted by atomic mass is 10.1. The molecule has 9 heteroatoms. The van der Waals surface area contributed by atoms with Crippen molar-refractivity contribution in [1.29, 1.82) is 0 Å².